The van der Waals surface area contributed by atoms with Crippen molar-refractivity contribution in [2.24, 2.45) is 0 Å². The van der Waals surface area contributed by atoms with E-state index in [4.69, 9.17) is 21.1 Å². The Hall–Kier alpha value is -1.76. The normalized spacial score (nSPS) is 11.3. The van der Waals surface area contributed by atoms with E-state index < -0.39 is 10.0 Å². The van der Waals surface area contributed by atoms with Crippen LogP contribution in [-0.2, 0) is 10.0 Å². The number of hydrogen-bond donors (Lipinski definition) is 1. The molecular formula is C16H18ClNO4S. The third kappa shape index (κ3) is 4.86. The van der Waals surface area contributed by atoms with Gasteiger partial charge in [0.05, 0.1) is 12.0 Å². The lowest BCUT2D eigenvalue weighted by molar-refractivity contribution is 0.320. The van der Waals surface area contributed by atoms with E-state index in [2.05, 4.69) is 4.72 Å². The molecule has 0 fully saturated rings. The van der Waals surface area contributed by atoms with Gasteiger partial charge < -0.3 is 9.47 Å². The van der Waals surface area contributed by atoms with Crippen LogP contribution in [0, 0.1) is 6.92 Å². The van der Waals surface area contributed by atoms with E-state index in [9.17, 15) is 8.42 Å². The maximum absolute atomic E-state index is 12.1. The zero-order valence-corrected chi connectivity index (χ0v) is 14.4. The Balaban J connectivity index is 1.89. The molecule has 7 heteroatoms. The second kappa shape index (κ2) is 7.68. The Kier molecular flexibility index (Phi) is 5.87. The number of nitrogens with one attached hydrogen (secondary N) is 1. The van der Waals surface area contributed by atoms with E-state index in [-0.39, 0.29) is 18.0 Å². The molecular weight excluding hydrogens is 338 g/mol. The molecule has 0 saturated heterocycles. The number of benzene rings is 2. The van der Waals surface area contributed by atoms with E-state index in [1.807, 2.05) is 6.92 Å². The first-order valence-electron chi connectivity index (χ1n) is 6.95. The summed E-state index contributed by atoms with van der Waals surface area (Å²) in [7, 11) is -2.04. The lowest BCUT2D eigenvalue weighted by atomic mass is 10.2. The summed E-state index contributed by atoms with van der Waals surface area (Å²) in [6.07, 6.45) is 0. The van der Waals surface area contributed by atoms with Crippen LogP contribution in [0.3, 0.4) is 0 Å². The summed E-state index contributed by atoms with van der Waals surface area (Å²) in [4.78, 5) is 0.181. The second-order valence-corrected chi connectivity index (χ2v) is 7.03. The number of ether oxygens (including phenoxy) is 2. The van der Waals surface area contributed by atoms with Crippen LogP contribution in [0.15, 0.2) is 47.4 Å². The maximum atomic E-state index is 12.1. The first-order chi connectivity index (χ1) is 10.9. The van der Waals surface area contributed by atoms with Crippen molar-refractivity contribution >= 4 is 21.6 Å². The Morgan fingerprint density at radius 3 is 2.43 bits per heavy atom. The molecule has 5 nitrogen and oxygen atoms in total. The van der Waals surface area contributed by atoms with E-state index >= 15 is 0 Å². The summed E-state index contributed by atoms with van der Waals surface area (Å²) >= 11 is 5.87. The van der Waals surface area contributed by atoms with Gasteiger partial charge in [-0.25, -0.2) is 13.1 Å². The van der Waals surface area contributed by atoms with Gasteiger partial charge in [0.1, 0.15) is 18.1 Å². The number of hydrogen-bond acceptors (Lipinski definition) is 4. The van der Waals surface area contributed by atoms with E-state index in [0.29, 0.717) is 16.5 Å². The van der Waals surface area contributed by atoms with Crippen LogP contribution in [0.25, 0.3) is 0 Å². The third-order valence-electron chi connectivity index (χ3n) is 3.16. The molecule has 124 valence electrons. The van der Waals surface area contributed by atoms with Crippen molar-refractivity contribution in [3.05, 3.63) is 53.1 Å². The van der Waals surface area contributed by atoms with Crippen LogP contribution in [-0.4, -0.2) is 28.7 Å². The molecule has 0 spiro atoms. The molecule has 0 unspecified atom stereocenters. The first-order valence-corrected chi connectivity index (χ1v) is 8.81. The van der Waals surface area contributed by atoms with E-state index in [1.165, 1.54) is 19.2 Å². The fourth-order valence-corrected chi connectivity index (χ4v) is 3.19. The van der Waals surface area contributed by atoms with Crippen molar-refractivity contribution in [1.82, 2.24) is 4.72 Å². The Labute approximate surface area is 141 Å². The first kappa shape index (κ1) is 17.6. The number of aryl methyl sites for hydroxylation is 1. The van der Waals surface area contributed by atoms with Crippen LogP contribution in [0.4, 0.5) is 0 Å². The molecule has 0 aliphatic heterocycles. The van der Waals surface area contributed by atoms with E-state index in [1.54, 1.807) is 30.3 Å². The molecule has 0 bridgehead atoms. The van der Waals surface area contributed by atoms with Crippen LogP contribution < -0.4 is 14.2 Å². The fourth-order valence-electron chi connectivity index (χ4n) is 1.95. The summed E-state index contributed by atoms with van der Waals surface area (Å²) in [5, 5.41) is 0.634. The predicted octanol–water partition coefficient (Wildman–Crippen LogP) is 3.01. The molecule has 0 aliphatic rings. The predicted molar refractivity (Wildman–Crippen MR) is 89.9 cm³/mol. The Bertz CT molecular complexity index is 760. The SMILES string of the molecule is COc1ccc(S(=O)(=O)NCCOc2ccc(Cl)cc2C)cc1. The van der Waals surface area contributed by atoms with Gasteiger partial charge in [-0.3, -0.25) is 0 Å². The molecule has 0 radical (unpaired) electrons. The molecule has 2 aromatic rings. The molecule has 2 rings (SSSR count). The minimum Gasteiger partial charge on any atom is -0.497 e. The monoisotopic (exact) mass is 355 g/mol. The molecule has 0 saturated carbocycles. The average Bonchev–Trinajstić information content (AvgIpc) is 2.53. The molecule has 0 heterocycles. The molecule has 0 amide bonds. The molecule has 1 N–H and O–H groups in total. The highest BCUT2D eigenvalue weighted by molar-refractivity contribution is 7.89. The highest BCUT2D eigenvalue weighted by Crippen LogP contribution is 2.21. The van der Waals surface area contributed by atoms with Crippen molar-refractivity contribution in [1.29, 1.82) is 0 Å². The minimum absolute atomic E-state index is 0.163. The smallest absolute Gasteiger partial charge is 0.240 e. The highest BCUT2D eigenvalue weighted by atomic mass is 35.5. The third-order valence-corrected chi connectivity index (χ3v) is 4.87. The van der Waals surface area contributed by atoms with Gasteiger partial charge in [0.25, 0.3) is 0 Å². The largest absolute Gasteiger partial charge is 0.497 e. The van der Waals surface area contributed by atoms with Gasteiger partial charge in [0.2, 0.25) is 10.0 Å². The van der Waals surface area contributed by atoms with Gasteiger partial charge in [-0.05, 0) is 55.0 Å². The zero-order chi connectivity index (χ0) is 16.9. The molecule has 0 aromatic heterocycles. The van der Waals surface area contributed by atoms with Crippen LogP contribution in [0.2, 0.25) is 5.02 Å². The summed E-state index contributed by atoms with van der Waals surface area (Å²) in [6, 6.07) is 11.5. The number of sulfonamides is 1. The maximum Gasteiger partial charge on any atom is 0.240 e. The van der Waals surface area contributed by atoms with Crippen molar-refractivity contribution in [3.63, 3.8) is 0 Å². The molecule has 2 aromatic carbocycles. The summed E-state index contributed by atoms with van der Waals surface area (Å²) in [5.74, 6) is 1.28. The average molecular weight is 356 g/mol. The zero-order valence-electron chi connectivity index (χ0n) is 12.9. The Morgan fingerprint density at radius 2 is 1.83 bits per heavy atom. The highest BCUT2D eigenvalue weighted by Gasteiger charge is 2.13. The van der Waals surface area contributed by atoms with Crippen molar-refractivity contribution in [3.8, 4) is 11.5 Å². The van der Waals surface area contributed by atoms with E-state index in [0.717, 1.165) is 5.56 Å². The van der Waals surface area contributed by atoms with Gasteiger partial charge in [0.15, 0.2) is 0 Å². The number of halogens is 1. The van der Waals surface area contributed by atoms with Crippen LogP contribution in [0.5, 0.6) is 11.5 Å². The van der Waals surface area contributed by atoms with Gasteiger partial charge >= 0.3 is 0 Å². The van der Waals surface area contributed by atoms with Crippen molar-refractivity contribution < 1.29 is 17.9 Å². The quantitative estimate of drug-likeness (QED) is 0.775. The van der Waals surface area contributed by atoms with Crippen LogP contribution >= 0.6 is 11.6 Å². The molecule has 0 atom stereocenters. The van der Waals surface area contributed by atoms with Gasteiger partial charge in [0, 0.05) is 11.6 Å². The molecule has 0 aliphatic carbocycles. The lowest BCUT2D eigenvalue weighted by Gasteiger charge is -2.11. The standard InChI is InChI=1S/C16H18ClNO4S/c1-12-11-13(17)3-8-16(12)22-10-9-18-23(19,20)15-6-4-14(21-2)5-7-15/h3-8,11,18H,9-10H2,1-2H3. The van der Waals surface area contributed by atoms with Crippen molar-refractivity contribution in [2.45, 2.75) is 11.8 Å². The van der Waals surface area contributed by atoms with Crippen molar-refractivity contribution in [2.75, 3.05) is 20.3 Å². The van der Waals surface area contributed by atoms with Crippen LogP contribution in [0.1, 0.15) is 5.56 Å². The topological polar surface area (TPSA) is 64.6 Å². The minimum atomic E-state index is -3.56. The Morgan fingerprint density at radius 1 is 1.13 bits per heavy atom. The van der Waals surface area contributed by atoms with Gasteiger partial charge in [-0.1, -0.05) is 11.6 Å². The molecule has 23 heavy (non-hydrogen) atoms. The van der Waals surface area contributed by atoms with Gasteiger partial charge in [-0.2, -0.15) is 0 Å². The lowest BCUT2D eigenvalue weighted by Crippen LogP contribution is -2.28. The number of methoxy groups -OCH3 is 1. The summed E-state index contributed by atoms with van der Waals surface area (Å²) in [6.45, 7) is 2.26. The summed E-state index contributed by atoms with van der Waals surface area (Å²) < 4.78 is 37.3. The van der Waals surface area contributed by atoms with Gasteiger partial charge in [-0.15, -0.1) is 0 Å². The number of rotatable bonds is 7. The second-order valence-electron chi connectivity index (χ2n) is 4.83. The fraction of sp³-hybridized carbons (Fsp3) is 0.250. The summed E-state index contributed by atoms with van der Waals surface area (Å²) in [5.41, 5.74) is 0.899.